The summed E-state index contributed by atoms with van der Waals surface area (Å²) in [5, 5.41) is 6.09. The summed E-state index contributed by atoms with van der Waals surface area (Å²) < 4.78 is 5.50. The van der Waals surface area contributed by atoms with E-state index >= 15 is 0 Å². The zero-order valence-electron chi connectivity index (χ0n) is 14.6. The molecule has 1 aliphatic heterocycles. The van der Waals surface area contributed by atoms with E-state index in [0.29, 0.717) is 19.6 Å². The molecular weight excluding hydrogens is 336 g/mol. The van der Waals surface area contributed by atoms with E-state index in [4.69, 9.17) is 4.74 Å². The maximum absolute atomic E-state index is 12.4. The van der Waals surface area contributed by atoms with Crippen LogP contribution in [0, 0.1) is 6.92 Å². The van der Waals surface area contributed by atoms with Crippen molar-refractivity contribution in [2.24, 2.45) is 0 Å². The molecule has 1 saturated heterocycles. The molecule has 1 aromatic heterocycles. The lowest BCUT2D eigenvalue weighted by Crippen LogP contribution is -2.52. The van der Waals surface area contributed by atoms with Gasteiger partial charge in [0.2, 0.25) is 0 Å². The molecule has 0 spiro atoms. The van der Waals surface area contributed by atoms with Crippen molar-refractivity contribution < 1.29 is 9.53 Å². The van der Waals surface area contributed by atoms with E-state index < -0.39 is 0 Å². The largest absolute Gasteiger partial charge is 0.375 e. The van der Waals surface area contributed by atoms with Crippen molar-refractivity contribution in [1.29, 1.82) is 0 Å². The number of anilines is 1. The minimum atomic E-state index is -0.135. The van der Waals surface area contributed by atoms with E-state index in [1.54, 1.807) is 18.4 Å². The minimum Gasteiger partial charge on any atom is -0.375 e. The molecule has 0 bridgehead atoms. The molecule has 0 aliphatic carbocycles. The van der Waals surface area contributed by atoms with Crippen molar-refractivity contribution in [3.05, 3.63) is 47.0 Å². The second-order valence-corrected chi connectivity index (χ2v) is 6.90. The molecule has 1 aromatic carbocycles. The van der Waals surface area contributed by atoms with Crippen molar-refractivity contribution in [1.82, 2.24) is 15.2 Å². The molecule has 2 aromatic rings. The van der Waals surface area contributed by atoms with Gasteiger partial charge >= 0.3 is 6.03 Å². The lowest BCUT2D eigenvalue weighted by molar-refractivity contribution is 0.101. The van der Waals surface area contributed by atoms with Crippen LogP contribution < -0.4 is 10.2 Å². The van der Waals surface area contributed by atoms with Crippen LogP contribution in [0.4, 0.5) is 9.93 Å². The third kappa shape index (κ3) is 4.49. The Morgan fingerprint density at radius 3 is 2.60 bits per heavy atom. The van der Waals surface area contributed by atoms with Gasteiger partial charge in [-0.2, -0.15) is 0 Å². The number of hydrogen-bond acceptors (Lipinski definition) is 5. The molecule has 7 heteroatoms. The highest BCUT2D eigenvalue weighted by Gasteiger charge is 2.23. The van der Waals surface area contributed by atoms with Crippen molar-refractivity contribution in [3.63, 3.8) is 0 Å². The van der Waals surface area contributed by atoms with E-state index in [-0.39, 0.29) is 12.1 Å². The molecule has 1 aliphatic rings. The Hall–Kier alpha value is -2.12. The summed E-state index contributed by atoms with van der Waals surface area (Å²) in [6.07, 6.45) is -0.135. The number of hydrogen-bond donors (Lipinski definition) is 1. The summed E-state index contributed by atoms with van der Waals surface area (Å²) in [5.41, 5.74) is 2.11. The fraction of sp³-hybridized carbons (Fsp3) is 0.444. The number of aromatic nitrogens is 1. The number of methoxy groups -OCH3 is 1. The molecule has 1 atom stereocenters. The SMILES string of the molecule is COC(CNC(=O)N1CCN(c2nc(C)cs2)CC1)c1ccccc1. The highest BCUT2D eigenvalue weighted by Crippen LogP contribution is 2.21. The number of rotatable bonds is 5. The van der Waals surface area contributed by atoms with Gasteiger partial charge in [-0.1, -0.05) is 30.3 Å². The third-order valence-electron chi connectivity index (χ3n) is 4.34. The number of nitrogens with one attached hydrogen (secondary N) is 1. The lowest BCUT2D eigenvalue weighted by atomic mass is 10.1. The number of piperazine rings is 1. The molecule has 25 heavy (non-hydrogen) atoms. The molecule has 6 nitrogen and oxygen atoms in total. The Bertz CT molecular complexity index is 683. The number of amides is 2. The average Bonchev–Trinajstić information content (AvgIpc) is 3.09. The van der Waals surface area contributed by atoms with Crippen LogP contribution in [0.25, 0.3) is 0 Å². The molecule has 1 unspecified atom stereocenters. The van der Waals surface area contributed by atoms with Crippen molar-refractivity contribution in [3.8, 4) is 0 Å². The monoisotopic (exact) mass is 360 g/mol. The van der Waals surface area contributed by atoms with Gasteiger partial charge in [-0.25, -0.2) is 9.78 Å². The number of benzene rings is 1. The van der Waals surface area contributed by atoms with Crippen LogP contribution >= 0.6 is 11.3 Å². The second-order valence-electron chi connectivity index (χ2n) is 6.07. The Morgan fingerprint density at radius 1 is 1.28 bits per heavy atom. The van der Waals surface area contributed by atoms with Gasteiger partial charge in [-0.05, 0) is 12.5 Å². The number of urea groups is 1. The molecule has 134 valence electrons. The predicted octanol–water partition coefficient (Wildman–Crippen LogP) is 2.67. The Morgan fingerprint density at radius 2 is 2.00 bits per heavy atom. The van der Waals surface area contributed by atoms with Gasteiger partial charge in [0.1, 0.15) is 0 Å². The maximum Gasteiger partial charge on any atom is 0.317 e. The van der Waals surface area contributed by atoms with Crippen LogP contribution in [0.2, 0.25) is 0 Å². The summed E-state index contributed by atoms with van der Waals surface area (Å²) in [4.78, 5) is 21.0. The van der Waals surface area contributed by atoms with Gasteiger partial charge in [-0.15, -0.1) is 11.3 Å². The van der Waals surface area contributed by atoms with Gasteiger partial charge in [0.05, 0.1) is 11.8 Å². The van der Waals surface area contributed by atoms with E-state index in [9.17, 15) is 4.79 Å². The normalized spacial score (nSPS) is 15.9. The Labute approximate surface area is 152 Å². The number of thiazole rings is 1. The van der Waals surface area contributed by atoms with Crippen LogP contribution in [-0.4, -0.2) is 55.7 Å². The highest BCUT2D eigenvalue weighted by atomic mass is 32.1. The maximum atomic E-state index is 12.4. The van der Waals surface area contributed by atoms with E-state index in [1.807, 2.05) is 42.2 Å². The molecule has 3 rings (SSSR count). The Balaban J connectivity index is 1.48. The first-order chi connectivity index (χ1) is 12.2. The molecule has 0 radical (unpaired) electrons. The molecular formula is C18H24N4O2S. The van der Waals surface area contributed by atoms with Crippen LogP contribution in [0.5, 0.6) is 0 Å². The smallest absolute Gasteiger partial charge is 0.317 e. The molecule has 0 saturated carbocycles. The predicted molar refractivity (Wildman–Crippen MR) is 100 cm³/mol. The molecule has 1 fully saturated rings. The molecule has 2 amide bonds. The molecule has 1 N–H and O–H groups in total. The van der Waals surface area contributed by atoms with Gasteiger partial charge in [0.25, 0.3) is 0 Å². The number of carbonyl (C=O) groups excluding carboxylic acids is 1. The van der Waals surface area contributed by atoms with E-state index in [2.05, 4.69) is 20.6 Å². The first kappa shape index (κ1) is 17.7. The van der Waals surface area contributed by atoms with Crippen molar-refractivity contribution in [2.45, 2.75) is 13.0 Å². The number of carbonyl (C=O) groups is 1. The fourth-order valence-corrected chi connectivity index (χ4v) is 3.74. The van der Waals surface area contributed by atoms with Crippen molar-refractivity contribution in [2.75, 3.05) is 44.7 Å². The zero-order valence-corrected chi connectivity index (χ0v) is 15.5. The van der Waals surface area contributed by atoms with E-state index in [1.165, 1.54) is 0 Å². The standard InChI is InChI=1S/C18H24N4O2S/c1-14-13-25-18(20-14)22-10-8-21(9-11-22)17(23)19-12-16(24-2)15-6-4-3-5-7-15/h3-7,13,16H,8-12H2,1-2H3,(H,19,23). The Kier molecular flexibility index (Phi) is 5.88. The van der Waals surface area contributed by atoms with Gasteiger partial charge in [0, 0.05) is 45.2 Å². The number of ether oxygens (including phenoxy) is 1. The molecule has 2 heterocycles. The topological polar surface area (TPSA) is 57.7 Å². The van der Waals surface area contributed by atoms with Crippen LogP contribution in [0.3, 0.4) is 0 Å². The van der Waals surface area contributed by atoms with Crippen LogP contribution in [0.1, 0.15) is 17.4 Å². The second kappa shape index (κ2) is 8.31. The quantitative estimate of drug-likeness (QED) is 0.891. The van der Waals surface area contributed by atoms with Gasteiger partial charge < -0.3 is 19.9 Å². The summed E-state index contributed by atoms with van der Waals surface area (Å²) >= 11 is 1.66. The summed E-state index contributed by atoms with van der Waals surface area (Å²) in [6, 6.07) is 9.90. The fourth-order valence-electron chi connectivity index (χ4n) is 2.88. The van der Waals surface area contributed by atoms with E-state index in [0.717, 1.165) is 29.5 Å². The van der Waals surface area contributed by atoms with Crippen LogP contribution in [-0.2, 0) is 4.74 Å². The van der Waals surface area contributed by atoms with Crippen molar-refractivity contribution >= 4 is 22.5 Å². The van der Waals surface area contributed by atoms with Gasteiger partial charge in [0.15, 0.2) is 5.13 Å². The highest BCUT2D eigenvalue weighted by molar-refractivity contribution is 7.13. The van der Waals surface area contributed by atoms with Crippen LogP contribution in [0.15, 0.2) is 35.7 Å². The first-order valence-electron chi connectivity index (χ1n) is 8.45. The lowest BCUT2D eigenvalue weighted by Gasteiger charge is -2.34. The summed E-state index contributed by atoms with van der Waals surface area (Å²) in [6.45, 7) is 5.49. The number of aryl methyl sites for hydroxylation is 1. The summed E-state index contributed by atoms with van der Waals surface area (Å²) in [5.74, 6) is 0. The van der Waals surface area contributed by atoms with Gasteiger partial charge in [-0.3, -0.25) is 0 Å². The average molecular weight is 360 g/mol. The zero-order chi connectivity index (χ0) is 17.6. The minimum absolute atomic E-state index is 0.0343. The first-order valence-corrected chi connectivity index (χ1v) is 9.33. The third-order valence-corrected chi connectivity index (χ3v) is 5.36. The summed E-state index contributed by atoms with van der Waals surface area (Å²) in [7, 11) is 1.67. The number of nitrogens with zero attached hydrogens (tertiary/aromatic N) is 3.